The molecule has 1 saturated heterocycles. The van der Waals surface area contributed by atoms with Crippen LogP contribution in [-0.4, -0.2) is 40.6 Å². The molecule has 2 N–H and O–H groups in total. The molecule has 3 aliphatic rings. The molecule has 1 aromatic carbocycles. The number of rotatable bonds is 3. The van der Waals surface area contributed by atoms with Gasteiger partial charge in [0.15, 0.2) is 6.29 Å². The molecule has 1 fully saturated rings. The second-order valence-corrected chi connectivity index (χ2v) is 8.15. The van der Waals surface area contributed by atoms with Crippen LogP contribution < -0.4 is 10.1 Å². The van der Waals surface area contributed by atoms with E-state index >= 15 is 0 Å². The first-order chi connectivity index (χ1) is 15.5. The minimum Gasteiger partial charge on any atom is -0.493 e. The topological polar surface area (TPSA) is 81.3 Å². The van der Waals surface area contributed by atoms with Crippen LogP contribution in [0.5, 0.6) is 5.75 Å². The summed E-state index contributed by atoms with van der Waals surface area (Å²) in [6, 6.07) is 8.44. The summed E-state index contributed by atoms with van der Waals surface area (Å²) in [5.74, 6) is 1.01. The van der Waals surface area contributed by atoms with E-state index < -0.39 is 11.9 Å². The lowest BCUT2D eigenvalue weighted by Crippen LogP contribution is -2.35. The highest BCUT2D eigenvalue weighted by Crippen LogP contribution is 2.44. The molecule has 2 aromatic heterocycles. The fourth-order valence-corrected chi connectivity index (χ4v) is 4.66. The number of aromatic nitrogens is 3. The maximum Gasteiger partial charge on any atom is 0.431 e. The fourth-order valence-electron chi connectivity index (χ4n) is 4.66. The number of alkyl halides is 3. The van der Waals surface area contributed by atoms with E-state index in [4.69, 9.17) is 14.2 Å². The minimum atomic E-state index is -4.50. The Hall–Kier alpha value is -3.11. The second kappa shape index (κ2) is 7.21. The van der Waals surface area contributed by atoms with E-state index in [0.29, 0.717) is 25.5 Å². The van der Waals surface area contributed by atoms with Gasteiger partial charge in [-0.1, -0.05) is 23.8 Å². The Morgan fingerprint density at radius 2 is 2.00 bits per heavy atom. The largest absolute Gasteiger partial charge is 0.493 e. The lowest BCUT2D eigenvalue weighted by Gasteiger charge is -2.37. The molecule has 2 bridgehead atoms. The van der Waals surface area contributed by atoms with Crippen molar-refractivity contribution >= 4 is 16.9 Å². The van der Waals surface area contributed by atoms with Crippen molar-refractivity contribution in [1.29, 1.82) is 0 Å². The number of halogens is 3. The van der Waals surface area contributed by atoms with Gasteiger partial charge in [-0.3, -0.25) is 0 Å². The van der Waals surface area contributed by atoms with Crippen molar-refractivity contribution in [3.05, 3.63) is 59.6 Å². The molecule has 32 heavy (non-hydrogen) atoms. The lowest BCUT2D eigenvalue weighted by atomic mass is 9.82. The Morgan fingerprint density at radius 3 is 2.84 bits per heavy atom. The molecule has 0 radical (unpaired) electrons. The molecule has 0 spiro atoms. The molecular weight excluding hydrogens is 425 g/mol. The monoisotopic (exact) mass is 444 g/mol. The molecule has 166 valence electrons. The van der Waals surface area contributed by atoms with Gasteiger partial charge in [0.25, 0.3) is 0 Å². The van der Waals surface area contributed by atoms with Crippen LogP contribution in [0.15, 0.2) is 48.3 Å². The van der Waals surface area contributed by atoms with Crippen LogP contribution in [0.4, 0.5) is 19.0 Å². The quantitative estimate of drug-likeness (QED) is 0.589. The van der Waals surface area contributed by atoms with Crippen LogP contribution in [0.25, 0.3) is 11.0 Å². The molecule has 10 heteroatoms. The summed E-state index contributed by atoms with van der Waals surface area (Å²) < 4.78 is 57.1. The number of fused-ring (bicyclic) bond motifs is 4. The van der Waals surface area contributed by atoms with Crippen molar-refractivity contribution in [2.45, 2.75) is 31.0 Å². The second-order valence-electron chi connectivity index (χ2n) is 8.15. The van der Waals surface area contributed by atoms with Crippen LogP contribution in [-0.2, 0) is 15.7 Å². The zero-order chi connectivity index (χ0) is 21.9. The number of ether oxygens (including phenoxy) is 3. The number of anilines is 1. The molecule has 0 unspecified atom stereocenters. The van der Waals surface area contributed by atoms with Crippen molar-refractivity contribution in [3.8, 4) is 5.75 Å². The van der Waals surface area contributed by atoms with Crippen LogP contribution in [0, 0.1) is 5.92 Å². The molecular formula is C22H19F3N4O3. The molecule has 0 amide bonds. The molecule has 7 nitrogen and oxygen atoms in total. The summed E-state index contributed by atoms with van der Waals surface area (Å²) in [5.41, 5.74) is 1.33. The average Bonchev–Trinajstić information content (AvgIpc) is 3.37. The maximum absolute atomic E-state index is 13.3. The predicted octanol–water partition coefficient (Wildman–Crippen LogP) is 4.21. The van der Waals surface area contributed by atoms with Gasteiger partial charge in [-0.15, -0.1) is 0 Å². The van der Waals surface area contributed by atoms with E-state index in [1.54, 1.807) is 0 Å². The van der Waals surface area contributed by atoms with Crippen molar-refractivity contribution in [2.24, 2.45) is 5.92 Å². The van der Waals surface area contributed by atoms with Gasteiger partial charge in [0.05, 0.1) is 30.7 Å². The standard InChI is InChI=1S/C22H19F3N4O3/c23-22(24,25)17-7-14-20(28-17)26-10-27-21(14)29-19-13-3-1-2-4-16(13)30-9-15(19)11-5-12-8-31-18(6-11)32-12/h1-4,6-7,10,12,15,18-19H,5,8-9H2,(H2,26,27,28,29)/t12-,15-,18-,19+/m1/s1. The first-order valence-electron chi connectivity index (χ1n) is 10.3. The Labute approximate surface area is 180 Å². The number of nitrogens with zero attached hydrogens (tertiary/aromatic N) is 2. The first-order valence-corrected chi connectivity index (χ1v) is 10.3. The van der Waals surface area contributed by atoms with Gasteiger partial charge < -0.3 is 24.5 Å². The Morgan fingerprint density at radius 1 is 1.12 bits per heavy atom. The molecule has 0 aliphatic carbocycles. The van der Waals surface area contributed by atoms with Crippen LogP contribution >= 0.6 is 0 Å². The number of para-hydroxylation sites is 1. The summed E-state index contributed by atoms with van der Waals surface area (Å²) in [7, 11) is 0. The molecule has 0 saturated carbocycles. The third-order valence-corrected chi connectivity index (χ3v) is 6.16. The van der Waals surface area contributed by atoms with Gasteiger partial charge in [0.1, 0.15) is 29.2 Å². The van der Waals surface area contributed by atoms with E-state index in [2.05, 4.69) is 20.3 Å². The van der Waals surface area contributed by atoms with Crippen LogP contribution in [0.3, 0.4) is 0 Å². The summed E-state index contributed by atoms with van der Waals surface area (Å²) in [4.78, 5) is 10.6. The van der Waals surface area contributed by atoms with E-state index in [1.807, 2.05) is 30.3 Å². The Balaban J connectivity index is 1.41. The van der Waals surface area contributed by atoms with Crippen LogP contribution in [0.2, 0.25) is 0 Å². The Kier molecular flexibility index (Phi) is 4.41. The minimum absolute atomic E-state index is 0.00240. The highest BCUT2D eigenvalue weighted by molar-refractivity contribution is 5.88. The summed E-state index contributed by atoms with van der Waals surface area (Å²) in [6.07, 6.45) is -0.921. The summed E-state index contributed by atoms with van der Waals surface area (Å²) in [6.45, 7) is 0.970. The number of nitrogens with one attached hydrogen (secondary N) is 2. The third kappa shape index (κ3) is 3.30. The number of benzene rings is 1. The zero-order valence-corrected chi connectivity index (χ0v) is 16.7. The van der Waals surface area contributed by atoms with Gasteiger partial charge in [-0.05, 0) is 24.6 Å². The highest BCUT2D eigenvalue weighted by Gasteiger charge is 2.40. The lowest BCUT2D eigenvalue weighted by molar-refractivity contribution is -0.140. The van der Waals surface area contributed by atoms with E-state index in [1.165, 1.54) is 6.33 Å². The maximum atomic E-state index is 13.3. The summed E-state index contributed by atoms with van der Waals surface area (Å²) in [5, 5.41) is 3.69. The van der Waals surface area contributed by atoms with Gasteiger partial charge in [0.2, 0.25) is 0 Å². The molecule has 4 atom stereocenters. The van der Waals surface area contributed by atoms with Gasteiger partial charge in [-0.25, -0.2) is 9.97 Å². The van der Waals surface area contributed by atoms with E-state index in [-0.39, 0.29) is 35.4 Å². The highest BCUT2D eigenvalue weighted by atomic mass is 19.4. The first kappa shape index (κ1) is 19.6. The normalized spacial score (nSPS) is 27.0. The molecule has 3 aliphatic heterocycles. The van der Waals surface area contributed by atoms with Crippen LogP contribution in [0.1, 0.15) is 23.7 Å². The molecule has 5 heterocycles. The third-order valence-electron chi connectivity index (χ3n) is 6.16. The molecule has 3 aromatic rings. The smallest absolute Gasteiger partial charge is 0.431 e. The van der Waals surface area contributed by atoms with Crippen molar-refractivity contribution in [2.75, 3.05) is 18.5 Å². The fraction of sp³-hybridized carbons (Fsp3) is 0.364. The van der Waals surface area contributed by atoms with E-state index in [0.717, 1.165) is 23.0 Å². The average molecular weight is 444 g/mol. The zero-order valence-electron chi connectivity index (χ0n) is 16.7. The summed E-state index contributed by atoms with van der Waals surface area (Å²) >= 11 is 0. The van der Waals surface area contributed by atoms with Gasteiger partial charge in [0, 0.05) is 11.5 Å². The van der Waals surface area contributed by atoms with E-state index in [9.17, 15) is 13.2 Å². The SMILES string of the molecule is FC(F)(F)c1cc2c(N[C@H]3c4ccccc4OC[C@@H]3C3=C[C@@H]4OC[C@@H](C3)O4)ncnc2[nH]1. The molecule has 6 rings (SSSR count). The number of aromatic amines is 1. The Bertz CT molecular complexity index is 1210. The number of hydrogen-bond donors (Lipinski definition) is 2. The van der Waals surface area contributed by atoms with Gasteiger partial charge >= 0.3 is 6.18 Å². The van der Waals surface area contributed by atoms with Crippen molar-refractivity contribution < 1.29 is 27.4 Å². The van der Waals surface area contributed by atoms with Crippen molar-refractivity contribution in [1.82, 2.24) is 15.0 Å². The van der Waals surface area contributed by atoms with Crippen molar-refractivity contribution in [3.63, 3.8) is 0 Å². The number of H-pyrrole nitrogens is 1. The predicted molar refractivity (Wildman–Crippen MR) is 108 cm³/mol. The number of hydrogen-bond acceptors (Lipinski definition) is 6. The van der Waals surface area contributed by atoms with Gasteiger partial charge in [-0.2, -0.15) is 13.2 Å².